The van der Waals surface area contributed by atoms with Crippen molar-refractivity contribution in [1.29, 1.82) is 0 Å². The summed E-state index contributed by atoms with van der Waals surface area (Å²) in [7, 11) is 0. The SMILES string of the molecule is O=C(NCCc1nc2ccccc2[nH]1)C1CN(CC(F)(F)F)C1. The first kappa shape index (κ1) is 15.8. The molecule has 5 nitrogen and oxygen atoms in total. The Balaban J connectivity index is 1.40. The van der Waals surface area contributed by atoms with Gasteiger partial charge in [-0.2, -0.15) is 13.2 Å². The van der Waals surface area contributed by atoms with Crippen molar-refractivity contribution in [2.24, 2.45) is 5.92 Å². The highest BCUT2D eigenvalue weighted by Gasteiger charge is 2.39. The lowest BCUT2D eigenvalue weighted by Crippen LogP contribution is -2.56. The molecule has 1 aliphatic heterocycles. The van der Waals surface area contributed by atoms with Gasteiger partial charge in [0.25, 0.3) is 0 Å². The van der Waals surface area contributed by atoms with Crippen LogP contribution in [0.3, 0.4) is 0 Å². The molecule has 1 aliphatic rings. The maximum absolute atomic E-state index is 12.2. The maximum Gasteiger partial charge on any atom is 0.401 e. The van der Waals surface area contributed by atoms with Gasteiger partial charge in [0, 0.05) is 26.1 Å². The van der Waals surface area contributed by atoms with Gasteiger partial charge in [0.15, 0.2) is 0 Å². The molecule has 0 aliphatic carbocycles. The molecule has 2 N–H and O–H groups in total. The summed E-state index contributed by atoms with van der Waals surface area (Å²) < 4.78 is 36.5. The molecule has 0 bridgehead atoms. The third-order valence-corrected chi connectivity index (χ3v) is 3.83. The van der Waals surface area contributed by atoms with E-state index in [0.29, 0.717) is 13.0 Å². The minimum atomic E-state index is -4.21. The molecular formula is C15H17F3N4O. The van der Waals surface area contributed by atoms with E-state index in [0.717, 1.165) is 16.9 Å². The molecule has 2 heterocycles. The molecule has 1 fully saturated rings. The summed E-state index contributed by atoms with van der Waals surface area (Å²) in [6.45, 7) is -0.212. The maximum atomic E-state index is 12.2. The summed E-state index contributed by atoms with van der Waals surface area (Å²) in [5, 5.41) is 2.75. The number of hydrogen-bond acceptors (Lipinski definition) is 3. The number of amides is 1. The number of nitrogens with one attached hydrogen (secondary N) is 2. The van der Waals surface area contributed by atoms with Gasteiger partial charge in [-0.25, -0.2) is 4.98 Å². The molecule has 1 saturated heterocycles. The van der Waals surface area contributed by atoms with E-state index in [9.17, 15) is 18.0 Å². The Kier molecular flexibility index (Phi) is 4.25. The molecule has 0 atom stereocenters. The van der Waals surface area contributed by atoms with Crippen LogP contribution in [0.15, 0.2) is 24.3 Å². The number of carbonyl (C=O) groups is 1. The van der Waals surface area contributed by atoms with E-state index in [1.165, 1.54) is 4.90 Å². The van der Waals surface area contributed by atoms with Gasteiger partial charge in [0.2, 0.25) is 5.91 Å². The van der Waals surface area contributed by atoms with Crippen LogP contribution < -0.4 is 5.32 Å². The van der Waals surface area contributed by atoms with Gasteiger partial charge in [-0.15, -0.1) is 0 Å². The number of fused-ring (bicyclic) bond motifs is 1. The number of benzene rings is 1. The second kappa shape index (κ2) is 6.19. The van der Waals surface area contributed by atoms with Gasteiger partial charge in [-0.3, -0.25) is 9.69 Å². The van der Waals surface area contributed by atoms with Crippen LogP contribution in [0.4, 0.5) is 13.2 Å². The predicted octanol–water partition coefficient (Wildman–Crippen LogP) is 1.72. The molecule has 0 radical (unpaired) electrons. The number of rotatable bonds is 5. The van der Waals surface area contributed by atoms with E-state index < -0.39 is 12.7 Å². The van der Waals surface area contributed by atoms with Gasteiger partial charge in [-0.1, -0.05) is 12.1 Å². The third kappa shape index (κ3) is 4.01. The summed E-state index contributed by atoms with van der Waals surface area (Å²) in [4.78, 5) is 20.6. The highest BCUT2D eigenvalue weighted by molar-refractivity contribution is 5.80. The van der Waals surface area contributed by atoms with Crippen LogP contribution in [-0.4, -0.2) is 53.1 Å². The molecular weight excluding hydrogens is 309 g/mol. The molecule has 1 aromatic heterocycles. The molecule has 3 rings (SSSR count). The van der Waals surface area contributed by atoms with Crippen LogP contribution in [0, 0.1) is 5.92 Å². The van der Waals surface area contributed by atoms with Crippen molar-refractivity contribution >= 4 is 16.9 Å². The number of likely N-dealkylation sites (tertiary alicyclic amines) is 1. The fraction of sp³-hybridized carbons (Fsp3) is 0.467. The van der Waals surface area contributed by atoms with Crippen molar-refractivity contribution < 1.29 is 18.0 Å². The normalized spacial score (nSPS) is 16.5. The number of H-pyrrole nitrogens is 1. The number of alkyl halides is 3. The zero-order chi connectivity index (χ0) is 16.4. The van der Waals surface area contributed by atoms with Gasteiger partial charge < -0.3 is 10.3 Å². The van der Waals surface area contributed by atoms with E-state index in [4.69, 9.17) is 0 Å². The number of imidazole rings is 1. The Morgan fingerprint density at radius 1 is 1.35 bits per heavy atom. The van der Waals surface area contributed by atoms with Crippen molar-refractivity contribution in [2.75, 3.05) is 26.2 Å². The largest absolute Gasteiger partial charge is 0.401 e. The van der Waals surface area contributed by atoms with Crippen LogP contribution in [0.1, 0.15) is 5.82 Å². The van der Waals surface area contributed by atoms with Crippen LogP contribution in [0.2, 0.25) is 0 Å². The number of aromatic amines is 1. The first-order valence-corrected chi connectivity index (χ1v) is 7.41. The van der Waals surface area contributed by atoms with Crippen molar-refractivity contribution in [3.63, 3.8) is 0 Å². The van der Waals surface area contributed by atoms with Gasteiger partial charge in [0.05, 0.1) is 23.5 Å². The Morgan fingerprint density at radius 2 is 2.09 bits per heavy atom. The van der Waals surface area contributed by atoms with Crippen LogP contribution in [0.25, 0.3) is 11.0 Å². The predicted molar refractivity (Wildman–Crippen MR) is 78.8 cm³/mol. The molecule has 2 aromatic rings. The van der Waals surface area contributed by atoms with Crippen molar-refractivity contribution in [1.82, 2.24) is 20.2 Å². The van der Waals surface area contributed by atoms with E-state index >= 15 is 0 Å². The molecule has 0 saturated carbocycles. The molecule has 0 spiro atoms. The summed E-state index contributed by atoms with van der Waals surface area (Å²) >= 11 is 0. The lowest BCUT2D eigenvalue weighted by Gasteiger charge is -2.38. The Labute approximate surface area is 130 Å². The van der Waals surface area contributed by atoms with Gasteiger partial charge in [-0.05, 0) is 12.1 Å². The summed E-state index contributed by atoms with van der Waals surface area (Å²) in [5.41, 5.74) is 1.81. The lowest BCUT2D eigenvalue weighted by atomic mass is 9.99. The Bertz CT molecular complexity index is 658. The average molecular weight is 326 g/mol. The number of hydrogen-bond donors (Lipinski definition) is 2. The molecule has 1 amide bonds. The zero-order valence-corrected chi connectivity index (χ0v) is 12.4. The fourth-order valence-electron chi connectivity index (χ4n) is 2.69. The summed E-state index contributed by atoms with van der Waals surface area (Å²) in [6, 6.07) is 7.64. The van der Waals surface area contributed by atoms with Gasteiger partial charge in [0.1, 0.15) is 5.82 Å². The van der Waals surface area contributed by atoms with E-state index in [-0.39, 0.29) is 24.9 Å². The second-order valence-corrected chi connectivity index (χ2v) is 5.75. The minimum Gasteiger partial charge on any atom is -0.355 e. The Morgan fingerprint density at radius 3 is 2.78 bits per heavy atom. The number of aromatic nitrogens is 2. The first-order valence-electron chi connectivity index (χ1n) is 7.41. The van der Waals surface area contributed by atoms with E-state index in [1.54, 1.807) is 0 Å². The van der Waals surface area contributed by atoms with E-state index in [2.05, 4.69) is 15.3 Å². The standard InChI is InChI=1S/C15H17F3N4O/c16-15(17,18)9-22-7-10(8-22)14(23)19-6-5-13-20-11-3-1-2-4-12(11)21-13/h1-4,10H,5-9H2,(H,19,23)(H,20,21). The van der Waals surface area contributed by atoms with Crippen LogP contribution >= 0.6 is 0 Å². The van der Waals surface area contributed by atoms with Crippen LogP contribution in [-0.2, 0) is 11.2 Å². The first-order chi connectivity index (χ1) is 10.9. The fourth-order valence-corrected chi connectivity index (χ4v) is 2.69. The third-order valence-electron chi connectivity index (χ3n) is 3.83. The molecule has 124 valence electrons. The lowest BCUT2D eigenvalue weighted by molar-refractivity contribution is -0.163. The number of halogens is 3. The summed E-state index contributed by atoms with van der Waals surface area (Å²) in [6.07, 6.45) is -3.65. The second-order valence-electron chi connectivity index (χ2n) is 5.75. The minimum absolute atomic E-state index is 0.163. The topological polar surface area (TPSA) is 61.0 Å². The number of para-hydroxylation sites is 2. The van der Waals surface area contributed by atoms with Crippen molar-refractivity contribution in [3.05, 3.63) is 30.1 Å². The van der Waals surface area contributed by atoms with E-state index in [1.807, 2.05) is 24.3 Å². The Hall–Kier alpha value is -2.09. The number of carbonyl (C=O) groups excluding carboxylic acids is 1. The smallest absolute Gasteiger partial charge is 0.355 e. The number of nitrogens with zero attached hydrogens (tertiary/aromatic N) is 2. The zero-order valence-electron chi connectivity index (χ0n) is 12.4. The monoisotopic (exact) mass is 326 g/mol. The van der Waals surface area contributed by atoms with Crippen molar-refractivity contribution in [3.8, 4) is 0 Å². The molecule has 23 heavy (non-hydrogen) atoms. The quantitative estimate of drug-likeness (QED) is 0.879. The summed E-state index contributed by atoms with van der Waals surface area (Å²) in [5.74, 6) is 0.228. The van der Waals surface area contributed by atoms with Gasteiger partial charge >= 0.3 is 6.18 Å². The van der Waals surface area contributed by atoms with Crippen molar-refractivity contribution in [2.45, 2.75) is 12.6 Å². The molecule has 1 aromatic carbocycles. The molecule has 8 heteroatoms. The highest BCUT2D eigenvalue weighted by atomic mass is 19.4. The highest BCUT2D eigenvalue weighted by Crippen LogP contribution is 2.23. The average Bonchev–Trinajstić information content (AvgIpc) is 2.83. The molecule has 0 unspecified atom stereocenters. The van der Waals surface area contributed by atoms with Crippen LogP contribution in [0.5, 0.6) is 0 Å².